The van der Waals surface area contributed by atoms with E-state index >= 15 is 0 Å². The van der Waals surface area contributed by atoms with E-state index in [4.69, 9.17) is 17.3 Å². The minimum atomic E-state index is -0.169. The van der Waals surface area contributed by atoms with E-state index in [0.717, 1.165) is 9.35 Å². The van der Waals surface area contributed by atoms with Gasteiger partial charge in [-0.1, -0.05) is 11.6 Å². The van der Waals surface area contributed by atoms with Gasteiger partial charge in [-0.2, -0.15) is 0 Å². The van der Waals surface area contributed by atoms with E-state index in [2.05, 4.69) is 21.2 Å². The molecule has 0 aliphatic heterocycles. The van der Waals surface area contributed by atoms with E-state index in [1.54, 1.807) is 29.5 Å². The van der Waals surface area contributed by atoms with Crippen LogP contribution in [0.2, 0.25) is 5.02 Å². The molecule has 2 rings (SSSR count). The summed E-state index contributed by atoms with van der Waals surface area (Å²) in [4.78, 5) is 13.0. The number of benzene rings is 1. The first-order valence-electron chi connectivity index (χ1n) is 5.13. The van der Waals surface area contributed by atoms with Crippen molar-refractivity contribution in [2.75, 3.05) is 5.73 Å². The summed E-state index contributed by atoms with van der Waals surface area (Å²) in [5.41, 5.74) is 6.56. The molecule has 0 fully saturated rings. The van der Waals surface area contributed by atoms with Gasteiger partial charge in [-0.25, -0.2) is 0 Å². The first-order valence-corrected chi connectivity index (χ1v) is 7.18. The molecule has 0 aliphatic carbocycles. The Bertz CT molecular complexity index is 585. The maximum absolute atomic E-state index is 11.9. The van der Waals surface area contributed by atoms with Crippen LogP contribution in [-0.4, -0.2) is 5.91 Å². The second-order valence-corrected chi connectivity index (χ2v) is 5.87. The molecule has 1 aromatic heterocycles. The molecule has 3 nitrogen and oxygen atoms in total. The van der Waals surface area contributed by atoms with Crippen LogP contribution >= 0.6 is 38.9 Å². The largest absolute Gasteiger partial charge is 0.398 e. The van der Waals surface area contributed by atoms with Crippen molar-refractivity contribution in [3.8, 4) is 0 Å². The number of anilines is 1. The molecule has 0 spiro atoms. The molecule has 1 amide bonds. The minimum Gasteiger partial charge on any atom is -0.398 e. The summed E-state index contributed by atoms with van der Waals surface area (Å²) in [6, 6.07) is 6.79. The fraction of sp³-hybridized carbons (Fsp3) is 0.0833. The standard InChI is InChI=1S/C12H10BrClN2OS/c13-8-3-4-18-11(8)6-16-12(17)7-1-2-10(15)9(14)5-7/h1-5H,6,15H2,(H,16,17). The quantitative estimate of drug-likeness (QED) is 0.834. The molecule has 6 heteroatoms. The Kier molecular flexibility index (Phi) is 4.27. The van der Waals surface area contributed by atoms with Crippen molar-refractivity contribution in [2.24, 2.45) is 0 Å². The fourth-order valence-electron chi connectivity index (χ4n) is 1.38. The number of nitrogen functional groups attached to an aromatic ring is 1. The molecule has 0 saturated heterocycles. The highest BCUT2D eigenvalue weighted by molar-refractivity contribution is 9.10. The zero-order valence-electron chi connectivity index (χ0n) is 9.24. The fourth-order valence-corrected chi connectivity index (χ4v) is 2.99. The predicted molar refractivity (Wildman–Crippen MR) is 79.1 cm³/mol. The third kappa shape index (κ3) is 3.04. The van der Waals surface area contributed by atoms with Crippen LogP contribution in [0.25, 0.3) is 0 Å². The smallest absolute Gasteiger partial charge is 0.251 e. The van der Waals surface area contributed by atoms with E-state index in [0.29, 0.717) is 22.8 Å². The van der Waals surface area contributed by atoms with Gasteiger partial charge in [0.2, 0.25) is 0 Å². The number of carbonyl (C=O) groups excluding carboxylic acids is 1. The third-order valence-corrected chi connectivity index (χ3v) is 4.62. The highest BCUT2D eigenvalue weighted by Crippen LogP contribution is 2.23. The molecular weight excluding hydrogens is 336 g/mol. The topological polar surface area (TPSA) is 55.1 Å². The van der Waals surface area contributed by atoms with Gasteiger partial charge in [-0.05, 0) is 45.6 Å². The summed E-state index contributed by atoms with van der Waals surface area (Å²) in [6.07, 6.45) is 0. The van der Waals surface area contributed by atoms with E-state index < -0.39 is 0 Å². The van der Waals surface area contributed by atoms with Gasteiger partial charge in [0.1, 0.15) is 0 Å². The Hall–Kier alpha value is -1.04. The number of rotatable bonds is 3. The van der Waals surface area contributed by atoms with Gasteiger partial charge in [0.25, 0.3) is 5.91 Å². The number of halogens is 2. The molecule has 1 heterocycles. The predicted octanol–water partition coefficient (Wildman–Crippen LogP) is 3.68. The van der Waals surface area contributed by atoms with Crippen LogP contribution in [0, 0.1) is 0 Å². The zero-order valence-corrected chi connectivity index (χ0v) is 12.4. The summed E-state index contributed by atoms with van der Waals surface area (Å²) in [5.74, 6) is -0.169. The molecule has 0 unspecified atom stereocenters. The number of thiophene rings is 1. The van der Waals surface area contributed by atoms with Gasteiger partial charge in [-0.3, -0.25) is 4.79 Å². The maximum Gasteiger partial charge on any atom is 0.251 e. The highest BCUT2D eigenvalue weighted by atomic mass is 79.9. The van der Waals surface area contributed by atoms with Crippen LogP contribution in [0.3, 0.4) is 0 Å². The third-order valence-electron chi connectivity index (χ3n) is 2.36. The minimum absolute atomic E-state index is 0.169. The molecule has 3 N–H and O–H groups in total. The first kappa shape index (κ1) is 13.4. The normalized spacial score (nSPS) is 10.3. The van der Waals surface area contributed by atoms with Crippen molar-refractivity contribution in [1.82, 2.24) is 5.32 Å². The van der Waals surface area contributed by atoms with Crippen molar-refractivity contribution >= 4 is 50.5 Å². The Morgan fingerprint density at radius 2 is 2.22 bits per heavy atom. The Morgan fingerprint density at radius 3 is 2.83 bits per heavy atom. The molecule has 0 atom stereocenters. The van der Waals surface area contributed by atoms with Crippen molar-refractivity contribution in [3.05, 3.63) is 49.6 Å². The number of nitrogens with two attached hydrogens (primary N) is 1. The number of hydrogen-bond donors (Lipinski definition) is 2. The van der Waals surface area contributed by atoms with Crippen molar-refractivity contribution in [3.63, 3.8) is 0 Å². The number of amides is 1. The molecule has 0 saturated carbocycles. The monoisotopic (exact) mass is 344 g/mol. The van der Waals surface area contributed by atoms with E-state index in [-0.39, 0.29) is 5.91 Å². The number of carbonyl (C=O) groups is 1. The lowest BCUT2D eigenvalue weighted by molar-refractivity contribution is 0.0951. The Labute approximate surface area is 122 Å². The summed E-state index contributed by atoms with van der Waals surface area (Å²) in [7, 11) is 0. The van der Waals surface area contributed by atoms with E-state index in [1.165, 1.54) is 0 Å². The van der Waals surface area contributed by atoms with E-state index in [1.807, 2.05) is 11.4 Å². The van der Waals surface area contributed by atoms with Crippen LogP contribution in [0.4, 0.5) is 5.69 Å². The Balaban J connectivity index is 2.04. The molecule has 0 bridgehead atoms. The lowest BCUT2D eigenvalue weighted by atomic mass is 10.2. The second-order valence-electron chi connectivity index (χ2n) is 3.61. The lowest BCUT2D eigenvalue weighted by Crippen LogP contribution is -2.22. The Morgan fingerprint density at radius 1 is 1.44 bits per heavy atom. The van der Waals surface area contributed by atoms with Crippen LogP contribution in [-0.2, 0) is 6.54 Å². The molecule has 0 radical (unpaired) electrons. The van der Waals surface area contributed by atoms with Crippen molar-refractivity contribution in [2.45, 2.75) is 6.54 Å². The van der Waals surface area contributed by atoms with Gasteiger partial charge >= 0.3 is 0 Å². The summed E-state index contributed by atoms with van der Waals surface area (Å²) >= 11 is 10.9. The average molecular weight is 346 g/mol. The van der Waals surface area contributed by atoms with Gasteiger partial charge in [0, 0.05) is 14.9 Å². The molecule has 2 aromatic rings. The molecule has 0 aliphatic rings. The van der Waals surface area contributed by atoms with Crippen LogP contribution in [0.5, 0.6) is 0 Å². The summed E-state index contributed by atoms with van der Waals surface area (Å²) in [5, 5.41) is 5.18. The van der Waals surface area contributed by atoms with Crippen molar-refractivity contribution in [1.29, 1.82) is 0 Å². The second kappa shape index (κ2) is 5.73. The van der Waals surface area contributed by atoms with Crippen LogP contribution in [0.15, 0.2) is 34.1 Å². The van der Waals surface area contributed by atoms with E-state index in [9.17, 15) is 4.79 Å². The van der Waals surface area contributed by atoms with Crippen LogP contribution < -0.4 is 11.1 Å². The first-order chi connectivity index (χ1) is 8.58. The average Bonchev–Trinajstić information content (AvgIpc) is 2.75. The number of hydrogen-bond acceptors (Lipinski definition) is 3. The molecule has 1 aromatic carbocycles. The van der Waals surface area contributed by atoms with Gasteiger partial charge in [0.15, 0.2) is 0 Å². The summed E-state index contributed by atoms with van der Waals surface area (Å²) in [6.45, 7) is 0.485. The van der Waals surface area contributed by atoms with Gasteiger partial charge in [-0.15, -0.1) is 11.3 Å². The lowest BCUT2D eigenvalue weighted by Gasteiger charge is -2.05. The van der Waals surface area contributed by atoms with Crippen LogP contribution in [0.1, 0.15) is 15.2 Å². The van der Waals surface area contributed by atoms with Gasteiger partial charge in [0.05, 0.1) is 17.3 Å². The SMILES string of the molecule is Nc1ccc(C(=O)NCc2sccc2Br)cc1Cl. The molecule has 94 valence electrons. The maximum atomic E-state index is 11.9. The summed E-state index contributed by atoms with van der Waals surface area (Å²) < 4.78 is 1.00. The highest BCUT2D eigenvalue weighted by Gasteiger charge is 2.08. The zero-order chi connectivity index (χ0) is 13.1. The number of nitrogens with one attached hydrogen (secondary N) is 1. The van der Waals surface area contributed by atoms with Gasteiger partial charge < -0.3 is 11.1 Å². The van der Waals surface area contributed by atoms with Crippen molar-refractivity contribution < 1.29 is 4.79 Å². The molecular formula is C12H10BrClN2OS. The molecule has 18 heavy (non-hydrogen) atoms.